The monoisotopic (exact) mass is 259 g/mol. The summed E-state index contributed by atoms with van der Waals surface area (Å²) in [5.41, 5.74) is 0. The topological polar surface area (TPSA) is 55.4 Å². The van der Waals surface area contributed by atoms with E-state index >= 15 is 0 Å². The summed E-state index contributed by atoms with van der Waals surface area (Å²) >= 11 is 0.906. The summed E-state index contributed by atoms with van der Waals surface area (Å²) < 4.78 is 39.6. The number of alkyl halides is 3. The Morgan fingerprint density at radius 2 is 1.94 bits per heavy atom. The van der Waals surface area contributed by atoms with Crippen molar-refractivity contribution in [1.29, 1.82) is 0 Å². The quantitative estimate of drug-likeness (QED) is 0.722. The fourth-order valence-corrected chi connectivity index (χ4v) is 1.32. The van der Waals surface area contributed by atoms with E-state index < -0.39 is 24.6 Å². The van der Waals surface area contributed by atoms with E-state index in [1.165, 1.54) is 0 Å². The lowest BCUT2D eigenvalue weighted by Crippen LogP contribution is -2.34. The van der Waals surface area contributed by atoms with Gasteiger partial charge in [0.1, 0.15) is 6.54 Å². The molecule has 0 aromatic carbocycles. The minimum Gasteiger partial charge on any atom is -0.465 e. The van der Waals surface area contributed by atoms with Crippen LogP contribution < -0.4 is 5.32 Å². The molecule has 0 rings (SSSR count). The van der Waals surface area contributed by atoms with E-state index in [4.69, 9.17) is 0 Å². The van der Waals surface area contributed by atoms with E-state index in [-0.39, 0.29) is 18.1 Å². The molecule has 94 valence electrons. The molecule has 0 aliphatic carbocycles. The molecule has 4 nitrogen and oxygen atoms in total. The third kappa shape index (κ3) is 9.63. The van der Waals surface area contributed by atoms with Crippen LogP contribution in [0.5, 0.6) is 0 Å². The standard InChI is InChI=1S/C8H12F3NO3S/c1-2-15-7(14)4-16-3-6(13)12-5-8(9,10)11/h2-5H2,1H3,(H,12,13). The zero-order valence-corrected chi connectivity index (χ0v) is 9.41. The number of hydrogen-bond donors (Lipinski definition) is 1. The molecule has 0 aliphatic heterocycles. The Hall–Kier alpha value is -0.920. The van der Waals surface area contributed by atoms with Crippen molar-refractivity contribution in [3.8, 4) is 0 Å². The van der Waals surface area contributed by atoms with Gasteiger partial charge in [0, 0.05) is 0 Å². The molecule has 0 bridgehead atoms. The summed E-state index contributed by atoms with van der Waals surface area (Å²) in [4.78, 5) is 21.6. The lowest BCUT2D eigenvalue weighted by atomic mass is 10.6. The van der Waals surface area contributed by atoms with Crippen molar-refractivity contribution in [2.24, 2.45) is 0 Å². The van der Waals surface area contributed by atoms with Gasteiger partial charge in [0.25, 0.3) is 0 Å². The number of rotatable bonds is 6. The van der Waals surface area contributed by atoms with Crippen molar-refractivity contribution in [3.63, 3.8) is 0 Å². The number of thioether (sulfide) groups is 1. The number of amides is 1. The molecule has 0 aromatic rings. The SMILES string of the molecule is CCOC(=O)CSCC(=O)NCC(F)(F)F. The van der Waals surface area contributed by atoms with Gasteiger partial charge in [0.15, 0.2) is 0 Å². The smallest absolute Gasteiger partial charge is 0.405 e. The maximum Gasteiger partial charge on any atom is 0.405 e. The number of esters is 1. The highest BCUT2D eigenvalue weighted by Crippen LogP contribution is 2.12. The molecule has 0 saturated heterocycles. The molecule has 0 aromatic heterocycles. The molecule has 0 heterocycles. The molecular formula is C8H12F3NO3S. The fraction of sp³-hybridized carbons (Fsp3) is 0.750. The molecule has 0 fully saturated rings. The Balaban J connectivity index is 3.55. The molecule has 1 N–H and O–H groups in total. The van der Waals surface area contributed by atoms with Gasteiger partial charge < -0.3 is 10.1 Å². The van der Waals surface area contributed by atoms with Gasteiger partial charge in [-0.25, -0.2) is 0 Å². The molecule has 16 heavy (non-hydrogen) atoms. The maximum absolute atomic E-state index is 11.7. The number of carbonyl (C=O) groups excluding carboxylic acids is 2. The van der Waals surface area contributed by atoms with Gasteiger partial charge in [0.05, 0.1) is 18.1 Å². The van der Waals surface area contributed by atoms with Crippen LogP contribution in [-0.2, 0) is 14.3 Å². The number of hydrogen-bond acceptors (Lipinski definition) is 4. The van der Waals surface area contributed by atoms with Gasteiger partial charge in [-0.2, -0.15) is 13.2 Å². The van der Waals surface area contributed by atoms with Gasteiger partial charge in [0.2, 0.25) is 5.91 Å². The average Bonchev–Trinajstić information content (AvgIpc) is 2.14. The van der Waals surface area contributed by atoms with Crippen molar-refractivity contribution >= 4 is 23.6 Å². The average molecular weight is 259 g/mol. The van der Waals surface area contributed by atoms with Gasteiger partial charge in [-0.05, 0) is 6.92 Å². The van der Waals surface area contributed by atoms with Gasteiger partial charge in [-0.15, -0.1) is 11.8 Å². The summed E-state index contributed by atoms with van der Waals surface area (Å²) in [6.45, 7) is 0.518. The Morgan fingerprint density at radius 1 is 1.31 bits per heavy atom. The number of nitrogens with one attached hydrogen (secondary N) is 1. The Morgan fingerprint density at radius 3 is 2.44 bits per heavy atom. The van der Waals surface area contributed by atoms with E-state index in [0.29, 0.717) is 0 Å². The highest BCUT2D eigenvalue weighted by Gasteiger charge is 2.27. The number of carbonyl (C=O) groups is 2. The Labute approximate surface area is 94.9 Å². The molecule has 0 spiro atoms. The third-order valence-corrected chi connectivity index (χ3v) is 2.15. The normalized spacial score (nSPS) is 11.0. The molecule has 0 radical (unpaired) electrons. The fourth-order valence-electron chi connectivity index (χ4n) is 0.680. The summed E-state index contributed by atoms with van der Waals surface area (Å²) in [6.07, 6.45) is -4.42. The van der Waals surface area contributed by atoms with Crippen molar-refractivity contribution in [3.05, 3.63) is 0 Å². The van der Waals surface area contributed by atoms with Crippen LogP contribution in [0.15, 0.2) is 0 Å². The lowest BCUT2D eigenvalue weighted by Gasteiger charge is -2.07. The zero-order valence-electron chi connectivity index (χ0n) is 8.60. The molecule has 0 atom stereocenters. The van der Waals surface area contributed by atoms with E-state index in [9.17, 15) is 22.8 Å². The van der Waals surface area contributed by atoms with E-state index in [1.807, 2.05) is 0 Å². The first-order chi connectivity index (χ1) is 7.35. The molecule has 0 saturated carbocycles. The third-order valence-electron chi connectivity index (χ3n) is 1.24. The van der Waals surface area contributed by atoms with Gasteiger partial charge >= 0.3 is 12.1 Å². The molecule has 1 amide bonds. The first-order valence-electron chi connectivity index (χ1n) is 4.42. The first-order valence-corrected chi connectivity index (χ1v) is 5.57. The largest absolute Gasteiger partial charge is 0.465 e. The molecule has 0 unspecified atom stereocenters. The first kappa shape index (κ1) is 15.1. The molecule has 0 aliphatic rings. The minimum absolute atomic E-state index is 0.0483. The summed E-state index contributed by atoms with van der Waals surface area (Å²) in [6, 6.07) is 0. The zero-order chi connectivity index (χ0) is 12.6. The van der Waals surface area contributed by atoms with E-state index in [1.54, 1.807) is 12.2 Å². The second kappa shape index (κ2) is 7.37. The van der Waals surface area contributed by atoms with Crippen LogP contribution in [0, 0.1) is 0 Å². The Kier molecular flexibility index (Phi) is 6.95. The van der Waals surface area contributed by atoms with Crippen LogP contribution in [0.4, 0.5) is 13.2 Å². The lowest BCUT2D eigenvalue weighted by molar-refractivity contribution is -0.139. The van der Waals surface area contributed by atoms with Crippen LogP contribution in [0.1, 0.15) is 6.92 Å². The minimum atomic E-state index is -4.42. The summed E-state index contributed by atoms with van der Waals surface area (Å²) in [7, 11) is 0. The molecule has 8 heteroatoms. The highest BCUT2D eigenvalue weighted by molar-refractivity contribution is 8.00. The van der Waals surface area contributed by atoms with Crippen LogP contribution in [-0.4, -0.2) is 42.7 Å². The van der Waals surface area contributed by atoms with Crippen LogP contribution >= 0.6 is 11.8 Å². The maximum atomic E-state index is 11.7. The number of halogens is 3. The predicted molar refractivity (Wildman–Crippen MR) is 53.0 cm³/mol. The summed E-state index contributed by atoms with van der Waals surface area (Å²) in [5, 5.41) is 1.69. The summed E-state index contributed by atoms with van der Waals surface area (Å²) in [5.74, 6) is -1.50. The number of ether oxygens (including phenoxy) is 1. The van der Waals surface area contributed by atoms with Crippen molar-refractivity contribution < 1.29 is 27.5 Å². The van der Waals surface area contributed by atoms with Crippen molar-refractivity contribution in [2.75, 3.05) is 24.7 Å². The second-order valence-corrected chi connectivity index (χ2v) is 3.68. The van der Waals surface area contributed by atoms with Crippen LogP contribution in [0.25, 0.3) is 0 Å². The Bertz CT molecular complexity index is 245. The van der Waals surface area contributed by atoms with Gasteiger partial charge in [-0.3, -0.25) is 9.59 Å². The van der Waals surface area contributed by atoms with E-state index in [2.05, 4.69) is 4.74 Å². The molecular weight excluding hydrogens is 247 g/mol. The second-order valence-electron chi connectivity index (χ2n) is 2.69. The van der Waals surface area contributed by atoms with Crippen LogP contribution in [0.3, 0.4) is 0 Å². The van der Waals surface area contributed by atoms with E-state index in [0.717, 1.165) is 11.8 Å². The van der Waals surface area contributed by atoms with Crippen molar-refractivity contribution in [2.45, 2.75) is 13.1 Å². The van der Waals surface area contributed by atoms with Crippen LogP contribution in [0.2, 0.25) is 0 Å². The predicted octanol–water partition coefficient (Wildman–Crippen LogP) is 0.961. The highest BCUT2D eigenvalue weighted by atomic mass is 32.2. The van der Waals surface area contributed by atoms with Crippen molar-refractivity contribution in [1.82, 2.24) is 5.32 Å². The van der Waals surface area contributed by atoms with Gasteiger partial charge in [-0.1, -0.05) is 0 Å².